The molecule has 1 aliphatic rings. The zero-order chi connectivity index (χ0) is 18.7. The number of ketones is 1. The average Bonchev–Trinajstić information content (AvgIpc) is 2.95. The fourth-order valence-electron chi connectivity index (χ4n) is 2.45. The fourth-order valence-corrected chi connectivity index (χ4v) is 2.45. The molecule has 0 saturated heterocycles. The van der Waals surface area contributed by atoms with Crippen LogP contribution in [0.4, 0.5) is 0 Å². The summed E-state index contributed by atoms with van der Waals surface area (Å²) in [5, 5.41) is 0. The van der Waals surface area contributed by atoms with E-state index in [1.807, 2.05) is 6.92 Å². The van der Waals surface area contributed by atoms with Crippen LogP contribution in [-0.4, -0.2) is 25.5 Å². The molecule has 1 aliphatic heterocycles. The monoisotopic (exact) mass is 350 g/mol. The molecule has 0 atom stereocenters. The summed E-state index contributed by atoms with van der Waals surface area (Å²) < 4.78 is 15.9. The van der Waals surface area contributed by atoms with Gasteiger partial charge in [-0.1, -0.05) is 18.7 Å². The van der Waals surface area contributed by atoms with Crippen molar-refractivity contribution in [3.63, 3.8) is 0 Å². The zero-order valence-electron chi connectivity index (χ0n) is 14.6. The number of hydrogen-bond donors (Lipinski definition) is 0. The number of ether oxygens (including phenoxy) is 3. The van der Waals surface area contributed by atoms with Crippen LogP contribution in [0.2, 0.25) is 0 Å². The molecule has 0 saturated carbocycles. The molecule has 5 nitrogen and oxygen atoms in total. The molecule has 3 rings (SSSR count). The van der Waals surface area contributed by atoms with Crippen LogP contribution >= 0.6 is 0 Å². The lowest BCUT2D eigenvalue weighted by Gasteiger charge is -2.06. The van der Waals surface area contributed by atoms with Crippen molar-refractivity contribution in [1.82, 2.24) is 0 Å². The van der Waals surface area contributed by atoms with Gasteiger partial charge in [0, 0.05) is 6.07 Å². The summed E-state index contributed by atoms with van der Waals surface area (Å²) >= 11 is 0. The molecule has 0 fully saturated rings. The van der Waals surface area contributed by atoms with Gasteiger partial charge in [-0.2, -0.15) is 0 Å². The Balaban J connectivity index is 1.79. The van der Waals surface area contributed by atoms with Crippen LogP contribution in [0.3, 0.4) is 0 Å². The normalized spacial score (nSPS) is 13.9. The van der Waals surface area contributed by atoms with Gasteiger partial charge in [-0.05, 0) is 48.4 Å². The van der Waals surface area contributed by atoms with Crippen molar-refractivity contribution in [1.29, 1.82) is 0 Å². The molecule has 5 heteroatoms. The lowest BCUT2D eigenvalue weighted by molar-refractivity contribution is 0.0600. The molecule has 0 unspecified atom stereocenters. The van der Waals surface area contributed by atoms with Crippen LogP contribution in [0, 0.1) is 0 Å². The first-order chi connectivity index (χ1) is 12.5. The predicted octanol–water partition coefficient (Wildman–Crippen LogP) is 4.04. The molecule has 0 amide bonds. The van der Waals surface area contributed by atoms with Crippen LogP contribution in [0.15, 0.2) is 60.4 Å². The van der Waals surface area contributed by atoms with Crippen LogP contribution < -0.4 is 9.47 Å². The van der Waals surface area contributed by atoms with Gasteiger partial charge in [-0.25, -0.2) is 4.79 Å². The van der Waals surface area contributed by atoms with E-state index in [0.29, 0.717) is 29.2 Å². The number of esters is 1. The lowest BCUT2D eigenvalue weighted by atomic mass is 10.1. The maximum Gasteiger partial charge on any atom is 0.337 e. The Bertz CT molecular complexity index is 906. The summed E-state index contributed by atoms with van der Waals surface area (Å²) in [5.41, 5.74) is 2.58. The van der Waals surface area contributed by atoms with Crippen molar-refractivity contribution in [2.75, 3.05) is 13.7 Å². The van der Waals surface area contributed by atoms with Gasteiger partial charge >= 0.3 is 5.97 Å². The molecule has 0 N–H and O–H groups in total. The third kappa shape index (κ3) is 3.67. The number of hydrogen-bond acceptors (Lipinski definition) is 5. The molecule has 0 aromatic heterocycles. The molecule has 0 aliphatic carbocycles. The molecule has 0 bridgehead atoms. The number of methoxy groups -OCH3 is 1. The van der Waals surface area contributed by atoms with E-state index in [1.54, 1.807) is 48.5 Å². The molecule has 26 heavy (non-hydrogen) atoms. The molecule has 2 aromatic carbocycles. The maximum atomic E-state index is 12.5. The van der Waals surface area contributed by atoms with Gasteiger partial charge in [-0.15, -0.1) is 0 Å². The lowest BCUT2D eigenvalue weighted by Crippen LogP contribution is -2.01. The second-order valence-electron chi connectivity index (χ2n) is 5.96. The van der Waals surface area contributed by atoms with Crippen LogP contribution in [-0.2, 0) is 4.74 Å². The predicted molar refractivity (Wildman–Crippen MR) is 97.5 cm³/mol. The minimum Gasteiger partial charge on any atom is -0.489 e. The van der Waals surface area contributed by atoms with Gasteiger partial charge < -0.3 is 14.2 Å². The van der Waals surface area contributed by atoms with E-state index in [4.69, 9.17) is 9.47 Å². The van der Waals surface area contributed by atoms with Crippen LogP contribution in [0.1, 0.15) is 33.2 Å². The number of benzene rings is 2. The molecular formula is C21H18O5. The number of allylic oxidation sites excluding steroid dienone is 1. The molecule has 2 aromatic rings. The van der Waals surface area contributed by atoms with Crippen molar-refractivity contribution in [3.8, 4) is 11.5 Å². The number of carbonyl (C=O) groups excluding carboxylic acids is 2. The molecular weight excluding hydrogens is 332 g/mol. The second kappa shape index (κ2) is 7.27. The Morgan fingerprint density at radius 1 is 1.19 bits per heavy atom. The Morgan fingerprint density at radius 2 is 1.92 bits per heavy atom. The van der Waals surface area contributed by atoms with Crippen molar-refractivity contribution in [2.45, 2.75) is 6.92 Å². The highest BCUT2D eigenvalue weighted by Crippen LogP contribution is 2.35. The highest BCUT2D eigenvalue weighted by atomic mass is 16.5. The Kier molecular flexibility index (Phi) is 4.89. The number of fused-ring (bicyclic) bond motifs is 1. The summed E-state index contributed by atoms with van der Waals surface area (Å²) in [6, 6.07) is 11.8. The van der Waals surface area contributed by atoms with E-state index >= 15 is 0 Å². The van der Waals surface area contributed by atoms with E-state index in [0.717, 1.165) is 11.1 Å². The average molecular weight is 350 g/mol. The van der Waals surface area contributed by atoms with Gasteiger partial charge in [0.1, 0.15) is 18.1 Å². The Morgan fingerprint density at radius 3 is 2.58 bits per heavy atom. The van der Waals surface area contributed by atoms with Crippen molar-refractivity contribution in [2.24, 2.45) is 0 Å². The summed E-state index contributed by atoms with van der Waals surface area (Å²) in [5.74, 6) is 0.702. The van der Waals surface area contributed by atoms with Crippen LogP contribution in [0.25, 0.3) is 6.08 Å². The highest BCUT2D eigenvalue weighted by Gasteiger charge is 2.27. The van der Waals surface area contributed by atoms with Crippen LogP contribution in [0.5, 0.6) is 11.5 Å². The molecule has 0 radical (unpaired) electrons. The quantitative estimate of drug-likeness (QED) is 0.463. The Labute approximate surface area is 151 Å². The van der Waals surface area contributed by atoms with E-state index in [9.17, 15) is 9.59 Å². The largest absolute Gasteiger partial charge is 0.489 e. The zero-order valence-corrected chi connectivity index (χ0v) is 14.6. The first kappa shape index (κ1) is 17.5. The first-order valence-electron chi connectivity index (χ1n) is 8.02. The third-order valence-electron chi connectivity index (χ3n) is 3.76. The van der Waals surface area contributed by atoms with Crippen molar-refractivity contribution >= 4 is 17.8 Å². The van der Waals surface area contributed by atoms with Gasteiger partial charge in [0.05, 0.1) is 18.2 Å². The summed E-state index contributed by atoms with van der Waals surface area (Å²) in [6.07, 6.45) is 1.64. The standard InChI is InChI=1S/C21H18O5/c1-13(2)12-25-16-8-9-17-18(11-16)26-19(20(17)22)10-14-4-6-15(7-5-14)21(23)24-3/h4-11H,1,12H2,2-3H3. The summed E-state index contributed by atoms with van der Waals surface area (Å²) in [4.78, 5) is 23.9. The smallest absolute Gasteiger partial charge is 0.337 e. The second-order valence-corrected chi connectivity index (χ2v) is 5.96. The Hall–Kier alpha value is -3.34. The topological polar surface area (TPSA) is 61.8 Å². The maximum absolute atomic E-state index is 12.5. The molecule has 1 heterocycles. The number of Topliss-reactive ketones (excluding diaryl/α,β-unsaturated/α-hetero) is 1. The minimum atomic E-state index is -0.410. The fraction of sp³-hybridized carbons (Fsp3) is 0.143. The van der Waals surface area contributed by atoms with Gasteiger partial charge in [0.15, 0.2) is 5.76 Å². The van der Waals surface area contributed by atoms with Gasteiger partial charge in [0.2, 0.25) is 5.78 Å². The van der Waals surface area contributed by atoms with Gasteiger partial charge in [-0.3, -0.25) is 4.79 Å². The molecule has 0 spiro atoms. The number of carbonyl (C=O) groups is 2. The van der Waals surface area contributed by atoms with E-state index in [2.05, 4.69) is 11.3 Å². The molecule has 132 valence electrons. The van der Waals surface area contributed by atoms with Crippen molar-refractivity contribution < 1.29 is 23.8 Å². The SMILES string of the molecule is C=C(C)COc1ccc2c(c1)OC(=Cc1ccc(C(=O)OC)cc1)C2=O. The van der Waals surface area contributed by atoms with E-state index in [1.165, 1.54) is 7.11 Å². The summed E-state index contributed by atoms with van der Waals surface area (Å²) in [7, 11) is 1.33. The highest BCUT2D eigenvalue weighted by molar-refractivity contribution is 6.14. The van der Waals surface area contributed by atoms with E-state index < -0.39 is 5.97 Å². The van der Waals surface area contributed by atoms with Gasteiger partial charge in [0.25, 0.3) is 0 Å². The number of rotatable bonds is 5. The first-order valence-corrected chi connectivity index (χ1v) is 8.02. The van der Waals surface area contributed by atoms with E-state index in [-0.39, 0.29) is 11.5 Å². The third-order valence-corrected chi connectivity index (χ3v) is 3.76. The summed E-state index contributed by atoms with van der Waals surface area (Å²) in [6.45, 7) is 6.07. The van der Waals surface area contributed by atoms with Crippen molar-refractivity contribution in [3.05, 3.63) is 77.1 Å². The minimum absolute atomic E-state index is 0.191.